The van der Waals surface area contributed by atoms with E-state index in [9.17, 15) is 0 Å². The van der Waals surface area contributed by atoms with Crippen LogP contribution in [0.3, 0.4) is 0 Å². The number of aromatic nitrogens is 1. The van der Waals surface area contributed by atoms with Crippen molar-refractivity contribution in [2.45, 2.75) is 6.54 Å². The van der Waals surface area contributed by atoms with E-state index in [-0.39, 0.29) is 0 Å². The standard InChI is InChI=1S/C11H10BrClN2/c12-10-4-3-8(13)6-11(10)15-7-9-2-1-5-14-9/h1-6,14-15H,7H2. The molecule has 2 rings (SSSR count). The Morgan fingerprint density at radius 3 is 2.93 bits per heavy atom. The van der Waals surface area contributed by atoms with Crippen molar-refractivity contribution in [3.05, 3.63) is 51.7 Å². The Labute approximate surface area is 102 Å². The van der Waals surface area contributed by atoms with Gasteiger partial charge in [-0.25, -0.2) is 0 Å². The maximum Gasteiger partial charge on any atom is 0.0551 e. The molecule has 2 aromatic rings. The van der Waals surface area contributed by atoms with Gasteiger partial charge in [-0.3, -0.25) is 0 Å². The van der Waals surface area contributed by atoms with Gasteiger partial charge in [0, 0.05) is 21.4 Å². The van der Waals surface area contributed by atoms with Crippen molar-refractivity contribution in [1.82, 2.24) is 4.98 Å². The van der Waals surface area contributed by atoms with E-state index < -0.39 is 0 Å². The van der Waals surface area contributed by atoms with E-state index in [0.717, 1.165) is 27.4 Å². The monoisotopic (exact) mass is 284 g/mol. The molecule has 15 heavy (non-hydrogen) atoms. The summed E-state index contributed by atoms with van der Waals surface area (Å²) in [7, 11) is 0. The molecule has 0 aliphatic carbocycles. The quantitative estimate of drug-likeness (QED) is 0.875. The van der Waals surface area contributed by atoms with Gasteiger partial charge in [-0.2, -0.15) is 0 Å². The molecule has 1 heterocycles. The van der Waals surface area contributed by atoms with E-state index in [1.807, 2.05) is 36.5 Å². The lowest BCUT2D eigenvalue weighted by molar-refractivity contribution is 1.07. The molecular formula is C11H10BrClN2. The second-order valence-electron chi connectivity index (χ2n) is 3.17. The Balaban J connectivity index is 2.07. The summed E-state index contributed by atoms with van der Waals surface area (Å²) in [4.78, 5) is 3.13. The first kappa shape index (κ1) is 10.6. The predicted molar refractivity (Wildman–Crippen MR) is 67.3 cm³/mol. The van der Waals surface area contributed by atoms with Gasteiger partial charge in [0.2, 0.25) is 0 Å². The molecular weight excluding hydrogens is 275 g/mol. The Bertz CT molecular complexity index is 440. The molecule has 2 nitrogen and oxygen atoms in total. The van der Waals surface area contributed by atoms with Crippen LogP contribution in [0.15, 0.2) is 41.0 Å². The third-order valence-corrected chi connectivity index (χ3v) is 2.99. The number of nitrogens with one attached hydrogen (secondary N) is 2. The highest BCUT2D eigenvalue weighted by atomic mass is 79.9. The van der Waals surface area contributed by atoms with Crippen molar-refractivity contribution < 1.29 is 0 Å². The molecule has 2 N–H and O–H groups in total. The summed E-state index contributed by atoms with van der Waals surface area (Å²) in [6.07, 6.45) is 1.91. The van der Waals surface area contributed by atoms with E-state index in [2.05, 4.69) is 26.2 Å². The van der Waals surface area contributed by atoms with E-state index in [0.29, 0.717) is 0 Å². The molecule has 0 aliphatic rings. The molecule has 0 bridgehead atoms. The average Bonchev–Trinajstić information content (AvgIpc) is 2.72. The summed E-state index contributed by atoms with van der Waals surface area (Å²) in [5, 5.41) is 4.02. The van der Waals surface area contributed by atoms with Crippen LogP contribution < -0.4 is 5.32 Å². The van der Waals surface area contributed by atoms with Crippen molar-refractivity contribution in [3.63, 3.8) is 0 Å². The average molecular weight is 286 g/mol. The molecule has 0 unspecified atom stereocenters. The van der Waals surface area contributed by atoms with E-state index in [1.165, 1.54) is 0 Å². The van der Waals surface area contributed by atoms with Crippen LogP contribution in [0.4, 0.5) is 5.69 Å². The number of rotatable bonds is 3. The number of aromatic amines is 1. The van der Waals surface area contributed by atoms with E-state index in [4.69, 9.17) is 11.6 Å². The number of H-pyrrole nitrogens is 1. The maximum absolute atomic E-state index is 5.91. The first-order chi connectivity index (χ1) is 7.25. The van der Waals surface area contributed by atoms with E-state index >= 15 is 0 Å². The first-order valence-electron chi connectivity index (χ1n) is 4.57. The minimum atomic E-state index is 0.729. The fourth-order valence-electron chi connectivity index (χ4n) is 1.30. The van der Waals surface area contributed by atoms with Gasteiger partial charge in [-0.05, 0) is 46.3 Å². The van der Waals surface area contributed by atoms with Crippen LogP contribution >= 0.6 is 27.5 Å². The van der Waals surface area contributed by atoms with Crippen LogP contribution in [0.5, 0.6) is 0 Å². The minimum Gasteiger partial charge on any atom is -0.379 e. The van der Waals surface area contributed by atoms with Gasteiger partial charge < -0.3 is 10.3 Å². The van der Waals surface area contributed by atoms with Crippen molar-refractivity contribution in [2.75, 3.05) is 5.32 Å². The third-order valence-electron chi connectivity index (χ3n) is 2.06. The van der Waals surface area contributed by atoms with Crippen LogP contribution in [0.1, 0.15) is 5.69 Å². The van der Waals surface area contributed by atoms with Gasteiger partial charge >= 0.3 is 0 Å². The molecule has 0 saturated heterocycles. The highest BCUT2D eigenvalue weighted by Gasteiger charge is 2.00. The molecule has 0 aliphatic heterocycles. The fourth-order valence-corrected chi connectivity index (χ4v) is 1.86. The highest BCUT2D eigenvalue weighted by Crippen LogP contribution is 2.26. The number of benzene rings is 1. The van der Waals surface area contributed by atoms with Crippen molar-refractivity contribution in [2.24, 2.45) is 0 Å². The van der Waals surface area contributed by atoms with Crippen LogP contribution in [0, 0.1) is 0 Å². The minimum absolute atomic E-state index is 0.729. The summed E-state index contributed by atoms with van der Waals surface area (Å²) in [6, 6.07) is 9.69. The summed E-state index contributed by atoms with van der Waals surface area (Å²) >= 11 is 9.37. The molecule has 0 saturated carbocycles. The highest BCUT2D eigenvalue weighted by molar-refractivity contribution is 9.10. The van der Waals surface area contributed by atoms with Gasteiger partial charge in [0.25, 0.3) is 0 Å². The van der Waals surface area contributed by atoms with Gasteiger partial charge in [0.1, 0.15) is 0 Å². The zero-order valence-corrected chi connectivity index (χ0v) is 10.3. The number of halogens is 2. The third kappa shape index (κ3) is 2.76. The SMILES string of the molecule is Clc1ccc(Br)c(NCc2ccc[nH]2)c1. The van der Waals surface area contributed by atoms with Crippen LogP contribution in [-0.4, -0.2) is 4.98 Å². The van der Waals surface area contributed by atoms with Crippen molar-refractivity contribution in [3.8, 4) is 0 Å². The lowest BCUT2D eigenvalue weighted by Gasteiger charge is -2.07. The van der Waals surface area contributed by atoms with Crippen LogP contribution in [0.2, 0.25) is 5.02 Å². The second-order valence-corrected chi connectivity index (χ2v) is 4.46. The Kier molecular flexibility index (Phi) is 3.34. The summed E-state index contributed by atoms with van der Waals surface area (Å²) < 4.78 is 1.01. The van der Waals surface area contributed by atoms with Crippen molar-refractivity contribution >= 4 is 33.2 Å². The largest absolute Gasteiger partial charge is 0.379 e. The smallest absolute Gasteiger partial charge is 0.0551 e. The maximum atomic E-state index is 5.91. The summed E-state index contributed by atoms with van der Waals surface area (Å²) in [5.41, 5.74) is 2.14. The summed E-state index contributed by atoms with van der Waals surface area (Å²) in [5.74, 6) is 0. The molecule has 4 heteroatoms. The molecule has 1 aromatic heterocycles. The molecule has 78 valence electrons. The zero-order chi connectivity index (χ0) is 10.7. The molecule has 0 spiro atoms. The number of anilines is 1. The Morgan fingerprint density at radius 2 is 2.20 bits per heavy atom. The van der Waals surface area contributed by atoms with Gasteiger partial charge in [0.05, 0.1) is 12.2 Å². The van der Waals surface area contributed by atoms with Crippen molar-refractivity contribution in [1.29, 1.82) is 0 Å². The summed E-state index contributed by atoms with van der Waals surface area (Å²) in [6.45, 7) is 0.756. The lowest BCUT2D eigenvalue weighted by atomic mass is 10.3. The van der Waals surface area contributed by atoms with Crippen LogP contribution in [0.25, 0.3) is 0 Å². The lowest BCUT2D eigenvalue weighted by Crippen LogP contribution is -1.99. The number of hydrogen-bond acceptors (Lipinski definition) is 1. The van der Waals surface area contributed by atoms with Gasteiger partial charge in [0.15, 0.2) is 0 Å². The first-order valence-corrected chi connectivity index (χ1v) is 5.74. The predicted octanol–water partition coefficient (Wildman–Crippen LogP) is 4.04. The Morgan fingerprint density at radius 1 is 1.33 bits per heavy atom. The van der Waals surface area contributed by atoms with Crippen LogP contribution in [-0.2, 0) is 6.54 Å². The normalized spacial score (nSPS) is 10.3. The molecule has 0 amide bonds. The molecule has 1 aromatic carbocycles. The fraction of sp³-hybridized carbons (Fsp3) is 0.0909. The topological polar surface area (TPSA) is 27.8 Å². The van der Waals surface area contributed by atoms with Gasteiger partial charge in [-0.15, -0.1) is 0 Å². The molecule has 0 fully saturated rings. The molecule has 0 atom stereocenters. The zero-order valence-electron chi connectivity index (χ0n) is 7.93. The van der Waals surface area contributed by atoms with Gasteiger partial charge in [-0.1, -0.05) is 11.6 Å². The second kappa shape index (κ2) is 4.73. The molecule has 0 radical (unpaired) electrons. The Hall–Kier alpha value is -0.930. The number of hydrogen-bond donors (Lipinski definition) is 2. The van der Waals surface area contributed by atoms with E-state index in [1.54, 1.807) is 0 Å².